The topological polar surface area (TPSA) is 44.7 Å². The van der Waals surface area contributed by atoms with E-state index in [1.807, 2.05) is 57.2 Å². The second-order valence-electron chi connectivity index (χ2n) is 6.38. The number of urea groups is 1. The molecule has 0 aliphatic carbocycles. The summed E-state index contributed by atoms with van der Waals surface area (Å²) in [7, 11) is 0. The van der Waals surface area contributed by atoms with Crippen molar-refractivity contribution in [3.05, 3.63) is 59.2 Å². The average Bonchev–Trinajstić information content (AvgIpc) is 3.03. The number of amidine groups is 1. The molecule has 0 unspecified atom stereocenters. The third-order valence-corrected chi connectivity index (χ3v) is 4.08. The molecule has 0 radical (unpaired) electrons. The Hall–Kier alpha value is -2.62. The van der Waals surface area contributed by atoms with E-state index in [9.17, 15) is 4.79 Å². The lowest BCUT2D eigenvalue weighted by Crippen LogP contribution is -2.39. The van der Waals surface area contributed by atoms with Gasteiger partial charge in [-0.15, -0.1) is 0 Å². The minimum Gasteiger partial charge on any atom is -0.307 e. The molecule has 2 aromatic carbocycles. The summed E-state index contributed by atoms with van der Waals surface area (Å²) < 4.78 is 0. The molecule has 4 heteroatoms. The van der Waals surface area contributed by atoms with E-state index in [0.29, 0.717) is 0 Å². The molecule has 1 N–H and O–H groups in total. The van der Waals surface area contributed by atoms with E-state index in [0.717, 1.165) is 47.7 Å². The summed E-state index contributed by atoms with van der Waals surface area (Å²) in [6, 6.07) is 13.8. The van der Waals surface area contributed by atoms with Crippen molar-refractivity contribution in [1.29, 1.82) is 0 Å². The Labute approximate surface area is 143 Å². The summed E-state index contributed by atoms with van der Waals surface area (Å²) in [4.78, 5) is 19.2. The standard InChI is InChI=1S/C20H23N3O/c1-14-6-8-17(9-7-14)22-20(24)23(19-5-4-10-21-19)18-12-15(2)11-16(3)13-18/h6-9,11-13H,4-5,10H2,1-3H3,(H,22,24). The molecule has 0 aromatic heterocycles. The van der Waals surface area contributed by atoms with Crippen molar-refractivity contribution in [3.8, 4) is 0 Å². The zero-order chi connectivity index (χ0) is 17.1. The number of carbonyl (C=O) groups excluding carboxylic acids is 1. The highest BCUT2D eigenvalue weighted by Crippen LogP contribution is 2.23. The van der Waals surface area contributed by atoms with Crippen molar-refractivity contribution in [2.24, 2.45) is 4.99 Å². The lowest BCUT2D eigenvalue weighted by atomic mass is 10.1. The largest absolute Gasteiger partial charge is 0.331 e. The number of amides is 2. The third kappa shape index (κ3) is 3.65. The summed E-state index contributed by atoms with van der Waals surface area (Å²) in [5, 5.41) is 2.99. The normalized spacial score (nSPS) is 13.5. The maximum absolute atomic E-state index is 12.9. The van der Waals surface area contributed by atoms with E-state index < -0.39 is 0 Å². The Bertz CT molecular complexity index is 758. The molecule has 0 spiro atoms. The van der Waals surface area contributed by atoms with Crippen LogP contribution in [0.2, 0.25) is 0 Å². The van der Waals surface area contributed by atoms with Gasteiger partial charge < -0.3 is 5.32 Å². The van der Waals surface area contributed by atoms with Crippen molar-refractivity contribution >= 4 is 23.2 Å². The van der Waals surface area contributed by atoms with Crippen LogP contribution in [-0.4, -0.2) is 18.4 Å². The highest BCUT2D eigenvalue weighted by atomic mass is 16.2. The van der Waals surface area contributed by atoms with Crippen LogP contribution in [0.25, 0.3) is 0 Å². The Balaban J connectivity index is 1.92. The van der Waals surface area contributed by atoms with E-state index in [2.05, 4.69) is 16.4 Å². The Kier molecular flexibility index (Phi) is 4.65. The molecule has 0 bridgehead atoms. The van der Waals surface area contributed by atoms with Gasteiger partial charge in [0.25, 0.3) is 0 Å². The van der Waals surface area contributed by atoms with Gasteiger partial charge in [0, 0.05) is 18.7 Å². The molecule has 0 saturated heterocycles. The first-order chi connectivity index (χ1) is 11.5. The first kappa shape index (κ1) is 16.2. The van der Waals surface area contributed by atoms with Crippen molar-refractivity contribution in [3.63, 3.8) is 0 Å². The zero-order valence-electron chi connectivity index (χ0n) is 14.5. The van der Waals surface area contributed by atoms with E-state index >= 15 is 0 Å². The van der Waals surface area contributed by atoms with Gasteiger partial charge in [-0.05, 0) is 62.6 Å². The molecule has 1 aliphatic rings. The second kappa shape index (κ2) is 6.87. The first-order valence-electron chi connectivity index (χ1n) is 8.32. The summed E-state index contributed by atoms with van der Waals surface area (Å²) in [6.45, 7) is 6.90. The highest BCUT2D eigenvalue weighted by molar-refractivity contribution is 6.20. The Morgan fingerprint density at radius 1 is 1.00 bits per heavy atom. The Morgan fingerprint density at radius 2 is 1.67 bits per heavy atom. The number of nitrogens with one attached hydrogen (secondary N) is 1. The summed E-state index contributed by atoms with van der Waals surface area (Å²) >= 11 is 0. The van der Waals surface area contributed by atoms with Gasteiger partial charge in [-0.3, -0.25) is 9.89 Å². The predicted molar refractivity (Wildman–Crippen MR) is 100 cm³/mol. The molecule has 1 heterocycles. The number of hydrogen-bond acceptors (Lipinski definition) is 2. The zero-order valence-corrected chi connectivity index (χ0v) is 14.5. The quantitative estimate of drug-likeness (QED) is 0.845. The average molecular weight is 321 g/mol. The number of aliphatic imine (C=N–C) groups is 1. The summed E-state index contributed by atoms with van der Waals surface area (Å²) in [5.74, 6) is 0.838. The van der Waals surface area contributed by atoms with Crippen molar-refractivity contribution < 1.29 is 4.79 Å². The number of nitrogens with zero attached hydrogens (tertiary/aromatic N) is 2. The predicted octanol–water partition coefficient (Wildman–Crippen LogP) is 4.84. The molecule has 4 nitrogen and oxygen atoms in total. The van der Waals surface area contributed by atoms with Gasteiger partial charge in [0.1, 0.15) is 5.84 Å². The monoisotopic (exact) mass is 321 g/mol. The van der Waals surface area contributed by atoms with Gasteiger partial charge >= 0.3 is 6.03 Å². The molecule has 24 heavy (non-hydrogen) atoms. The number of rotatable bonds is 2. The molecule has 3 rings (SSSR count). The molecular weight excluding hydrogens is 298 g/mol. The van der Waals surface area contributed by atoms with Crippen LogP contribution < -0.4 is 10.2 Å². The summed E-state index contributed by atoms with van der Waals surface area (Å²) in [5.41, 5.74) is 5.10. The van der Waals surface area contributed by atoms with E-state index in [4.69, 9.17) is 0 Å². The molecule has 0 fully saturated rings. The molecule has 0 atom stereocenters. The van der Waals surface area contributed by atoms with Gasteiger partial charge in [0.15, 0.2) is 0 Å². The fourth-order valence-corrected chi connectivity index (χ4v) is 2.99. The van der Waals surface area contributed by atoms with Crippen LogP contribution in [0.1, 0.15) is 29.5 Å². The van der Waals surface area contributed by atoms with Gasteiger partial charge in [-0.2, -0.15) is 0 Å². The van der Waals surface area contributed by atoms with Crippen LogP contribution in [0.5, 0.6) is 0 Å². The number of aryl methyl sites for hydroxylation is 3. The van der Waals surface area contributed by atoms with Crippen LogP contribution in [0.3, 0.4) is 0 Å². The number of benzene rings is 2. The number of hydrogen-bond donors (Lipinski definition) is 1. The van der Waals surface area contributed by atoms with Crippen LogP contribution in [0.4, 0.5) is 16.2 Å². The lowest BCUT2D eigenvalue weighted by molar-refractivity contribution is 0.259. The molecular formula is C20H23N3O. The van der Waals surface area contributed by atoms with Crippen molar-refractivity contribution in [1.82, 2.24) is 0 Å². The fraction of sp³-hybridized carbons (Fsp3) is 0.300. The fourth-order valence-electron chi connectivity index (χ4n) is 2.99. The molecule has 124 valence electrons. The van der Waals surface area contributed by atoms with Crippen LogP contribution >= 0.6 is 0 Å². The highest BCUT2D eigenvalue weighted by Gasteiger charge is 2.24. The lowest BCUT2D eigenvalue weighted by Gasteiger charge is -2.24. The smallest absolute Gasteiger partial charge is 0.307 e. The number of carbonyl (C=O) groups is 1. The SMILES string of the molecule is Cc1ccc(NC(=O)N(C2=NCCC2)c2cc(C)cc(C)c2)cc1. The van der Waals surface area contributed by atoms with Gasteiger partial charge in [-0.25, -0.2) is 4.79 Å². The Morgan fingerprint density at radius 3 is 2.25 bits per heavy atom. The molecule has 2 amide bonds. The van der Waals surface area contributed by atoms with Crippen molar-refractivity contribution in [2.75, 3.05) is 16.8 Å². The van der Waals surface area contributed by atoms with Gasteiger partial charge in [0.2, 0.25) is 0 Å². The molecule has 1 aliphatic heterocycles. The minimum absolute atomic E-state index is 0.162. The molecule has 0 saturated carbocycles. The summed E-state index contributed by atoms with van der Waals surface area (Å²) in [6.07, 6.45) is 1.82. The van der Waals surface area contributed by atoms with Gasteiger partial charge in [-0.1, -0.05) is 23.8 Å². The third-order valence-electron chi connectivity index (χ3n) is 4.08. The van der Waals surface area contributed by atoms with E-state index in [1.54, 1.807) is 4.90 Å². The van der Waals surface area contributed by atoms with Crippen molar-refractivity contribution in [2.45, 2.75) is 33.6 Å². The molecule has 2 aromatic rings. The second-order valence-corrected chi connectivity index (χ2v) is 6.38. The van der Waals surface area contributed by atoms with E-state index in [-0.39, 0.29) is 6.03 Å². The van der Waals surface area contributed by atoms with Crippen LogP contribution in [0, 0.1) is 20.8 Å². The minimum atomic E-state index is -0.162. The maximum atomic E-state index is 12.9. The number of anilines is 2. The van der Waals surface area contributed by atoms with Gasteiger partial charge in [0.05, 0.1) is 5.69 Å². The van der Waals surface area contributed by atoms with E-state index in [1.165, 1.54) is 5.56 Å². The van der Waals surface area contributed by atoms with Crippen LogP contribution in [0.15, 0.2) is 47.5 Å². The maximum Gasteiger partial charge on any atom is 0.331 e. The first-order valence-corrected chi connectivity index (χ1v) is 8.32. The van der Waals surface area contributed by atoms with Crippen LogP contribution in [-0.2, 0) is 0 Å².